The topological polar surface area (TPSA) is 90.2 Å². The predicted molar refractivity (Wildman–Crippen MR) is 104 cm³/mol. The summed E-state index contributed by atoms with van der Waals surface area (Å²) in [6, 6.07) is 16.4. The third-order valence-electron chi connectivity index (χ3n) is 4.59. The monoisotopic (exact) mass is 378 g/mol. The summed E-state index contributed by atoms with van der Waals surface area (Å²) in [5, 5.41) is 41.2. The van der Waals surface area contributed by atoms with Crippen molar-refractivity contribution >= 4 is 0 Å². The van der Waals surface area contributed by atoms with Crippen LogP contribution in [-0.4, -0.2) is 57.0 Å². The molecule has 0 aliphatic carbocycles. The molecule has 5 heteroatoms. The van der Waals surface area contributed by atoms with E-state index in [0.717, 1.165) is 5.56 Å². The Labute approximate surface area is 164 Å². The molecule has 0 unspecified atom stereocenters. The lowest BCUT2D eigenvalue weighted by molar-refractivity contribution is -0.239. The Balaban J connectivity index is 1.99. The summed E-state index contributed by atoms with van der Waals surface area (Å²) < 4.78 is 5.59. The number of aryl methyl sites for hydroxylation is 1. The second-order valence-electron chi connectivity index (χ2n) is 6.75. The number of hydrogen-bond donors (Lipinski definition) is 4. The molecule has 144 valence electrons. The van der Waals surface area contributed by atoms with Gasteiger partial charge in [-0.1, -0.05) is 54.0 Å². The molecule has 1 heterocycles. The van der Waals surface area contributed by atoms with Crippen molar-refractivity contribution in [1.29, 1.82) is 0 Å². The molecular formula is C23H22O5. The highest BCUT2D eigenvalue weighted by molar-refractivity contribution is 5.42. The molecule has 3 rings (SSSR count). The Morgan fingerprint density at radius 1 is 1.00 bits per heavy atom. The zero-order chi connectivity index (χ0) is 20.1. The summed E-state index contributed by atoms with van der Waals surface area (Å²) in [6.45, 7) is 1.41. The highest BCUT2D eigenvalue weighted by atomic mass is 16.5. The number of rotatable bonds is 1. The van der Waals surface area contributed by atoms with E-state index in [1.807, 2.05) is 37.3 Å². The highest BCUT2D eigenvalue weighted by Gasteiger charge is 2.53. The van der Waals surface area contributed by atoms with Gasteiger partial charge in [0.25, 0.3) is 0 Å². The predicted octanol–water partition coefficient (Wildman–Crippen LogP) is 0.611. The maximum absolute atomic E-state index is 11.1. The first-order chi connectivity index (χ1) is 13.4. The van der Waals surface area contributed by atoms with Crippen molar-refractivity contribution < 1.29 is 25.2 Å². The maximum Gasteiger partial charge on any atom is 0.191 e. The highest BCUT2D eigenvalue weighted by Crippen LogP contribution is 2.30. The average Bonchev–Trinajstić information content (AvgIpc) is 2.71. The molecule has 0 amide bonds. The van der Waals surface area contributed by atoms with Gasteiger partial charge in [-0.3, -0.25) is 0 Å². The lowest BCUT2D eigenvalue weighted by Gasteiger charge is -2.43. The van der Waals surface area contributed by atoms with Gasteiger partial charge in [-0.05, 0) is 36.8 Å². The van der Waals surface area contributed by atoms with Crippen molar-refractivity contribution in [2.24, 2.45) is 0 Å². The zero-order valence-electron chi connectivity index (χ0n) is 15.4. The summed E-state index contributed by atoms with van der Waals surface area (Å²) >= 11 is 0. The molecule has 0 spiro atoms. The summed E-state index contributed by atoms with van der Waals surface area (Å²) in [5.74, 6) is 11.1. The fourth-order valence-corrected chi connectivity index (χ4v) is 2.98. The van der Waals surface area contributed by atoms with Crippen molar-refractivity contribution in [1.82, 2.24) is 0 Å². The minimum atomic E-state index is -2.13. The number of aliphatic hydroxyl groups is 4. The Morgan fingerprint density at radius 2 is 1.71 bits per heavy atom. The number of ether oxygens (including phenoxy) is 1. The first-order valence-electron chi connectivity index (χ1n) is 8.95. The summed E-state index contributed by atoms with van der Waals surface area (Å²) in [4.78, 5) is 0. The third kappa shape index (κ3) is 4.26. The third-order valence-corrected chi connectivity index (χ3v) is 4.59. The standard InChI is InChI=1S/C23H22O5/c1-16-6-5-9-18(14-16)10-11-20-23(27,13-12-17-7-3-2-4-8-17)22(26)21(25)19(15-24)28-20/h2-9,14,19-22,24-27H,15H2,1H3/t19-,20-,21-,22+,23-/m1/s1. The number of aliphatic hydroxyl groups excluding tert-OH is 3. The van der Waals surface area contributed by atoms with Crippen molar-refractivity contribution in [3.05, 3.63) is 71.3 Å². The van der Waals surface area contributed by atoms with Gasteiger partial charge in [-0.25, -0.2) is 0 Å². The van der Waals surface area contributed by atoms with E-state index in [1.54, 1.807) is 24.3 Å². The van der Waals surface area contributed by atoms with E-state index < -0.39 is 36.6 Å². The van der Waals surface area contributed by atoms with Crippen LogP contribution in [0.25, 0.3) is 0 Å². The Morgan fingerprint density at radius 3 is 2.39 bits per heavy atom. The number of benzene rings is 2. The van der Waals surface area contributed by atoms with Gasteiger partial charge < -0.3 is 25.2 Å². The molecule has 4 N–H and O–H groups in total. The largest absolute Gasteiger partial charge is 0.394 e. The molecule has 28 heavy (non-hydrogen) atoms. The molecule has 1 aliphatic rings. The Hall–Kier alpha value is -2.64. The van der Waals surface area contributed by atoms with E-state index in [0.29, 0.717) is 11.1 Å². The fourth-order valence-electron chi connectivity index (χ4n) is 2.98. The van der Waals surface area contributed by atoms with Crippen LogP contribution in [0.4, 0.5) is 0 Å². The summed E-state index contributed by atoms with van der Waals surface area (Å²) in [7, 11) is 0. The Bertz CT molecular complexity index is 934. The van der Waals surface area contributed by atoms with Gasteiger partial charge in [0, 0.05) is 11.1 Å². The molecule has 1 saturated heterocycles. The quantitative estimate of drug-likeness (QED) is 0.546. The van der Waals surface area contributed by atoms with Crippen molar-refractivity contribution in [2.45, 2.75) is 36.9 Å². The van der Waals surface area contributed by atoms with E-state index in [2.05, 4.69) is 23.7 Å². The lowest BCUT2D eigenvalue weighted by atomic mass is 9.82. The average molecular weight is 378 g/mol. The van der Waals surface area contributed by atoms with Gasteiger partial charge in [0.05, 0.1) is 6.61 Å². The van der Waals surface area contributed by atoms with E-state index >= 15 is 0 Å². The smallest absolute Gasteiger partial charge is 0.191 e. The second kappa shape index (κ2) is 8.58. The minimum absolute atomic E-state index is 0.525. The fraction of sp³-hybridized carbons (Fsp3) is 0.304. The van der Waals surface area contributed by atoms with Crippen LogP contribution in [0.2, 0.25) is 0 Å². The van der Waals surface area contributed by atoms with Crippen molar-refractivity contribution in [2.75, 3.05) is 6.61 Å². The molecule has 2 aromatic carbocycles. The van der Waals surface area contributed by atoms with Gasteiger partial charge in [0.15, 0.2) is 11.7 Å². The Kier molecular flexibility index (Phi) is 6.16. The van der Waals surface area contributed by atoms with Gasteiger partial charge in [-0.15, -0.1) is 0 Å². The molecule has 0 radical (unpaired) electrons. The molecular weight excluding hydrogens is 356 g/mol. The molecule has 0 bridgehead atoms. The van der Waals surface area contributed by atoms with Gasteiger partial charge in [-0.2, -0.15) is 0 Å². The molecule has 0 saturated carbocycles. The van der Waals surface area contributed by atoms with E-state index in [-0.39, 0.29) is 0 Å². The lowest BCUT2D eigenvalue weighted by Crippen LogP contribution is -2.65. The summed E-state index contributed by atoms with van der Waals surface area (Å²) in [6.07, 6.45) is -5.46. The van der Waals surface area contributed by atoms with Crippen molar-refractivity contribution in [3.63, 3.8) is 0 Å². The molecule has 0 aromatic heterocycles. The van der Waals surface area contributed by atoms with Crippen LogP contribution in [0.5, 0.6) is 0 Å². The normalized spacial score (nSPS) is 29.2. The van der Waals surface area contributed by atoms with Crippen LogP contribution in [0.1, 0.15) is 16.7 Å². The molecule has 1 aliphatic heterocycles. The maximum atomic E-state index is 11.1. The van der Waals surface area contributed by atoms with Crippen LogP contribution in [0, 0.1) is 30.6 Å². The van der Waals surface area contributed by atoms with Gasteiger partial charge >= 0.3 is 0 Å². The van der Waals surface area contributed by atoms with Crippen LogP contribution in [0.15, 0.2) is 54.6 Å². The first-order valence-corrected chi connectivity index (χ1v) is 8.95. The van der Waals surface area contributed by atoms with Crippen LogP contribution < -0.4 is 0 Å². The van der Waals surface area contributed by atoms with Gasteiger partial charge in [0.2, 0.25) is 0 Å². The van der Waals surface area contributed by atoms with E-state index in [9.17, 15) is 20.4 Å². The first kappa shape index (κ1) is 20.1. The summed E-state index contributed by atoms with van der Waals surface area (Å²) in [5.41, 5.74) is 0.243. The minimum Gasteiger partial charge on any atom is -0.394 e. The van der Waals surface area contributed by atoms with Crippen LogP contribution in [0.3, 0.4) is 0 Å². The molecule has 1 fully saturated rings. The molecule has 5 nitrogen and oxygen atoms in total. The zero-order valence-corrected chi connectivity index (χ0v) is 15.4. The van der Waals surface area contributed by atoms with Crippen LogP contribution >= 0.6 is 0 Å². The van der Waals surface area contributed by atoms with E-state index in [1.165, 1.54) is 0 Å². The van der Waals surface area contributed by atoms with E-state index in [4.69, 9.17) is 4.74 Å². The van der Waals surface area contributed by atoms with Gasteiger partial charge in [0.1, 0.15) is 18.3 Å². The van der Waals surface area contributed by atoms with Crippen molar-refractivity contribution in [3.8, 4) is 23.7 Å². The SMILES string of the molecule is Cc1cccc(C#C[C@H]2O[C@H](CO)[C@@H](O)[C@H](O)[C@@]2(O)C#Cc2ccccc2)c1. The number of hydrogen-bond acceptors (Lipinski definition) is 5. The van der Waals surface area contributed by atoms with Crippen LogP contribution in [-0.2, 0) is 4.74 Å². The second-order valence-corrected chi connectivity index (χ2v) is 6.75. The molecule has 2 aromatic rings. The molecule has 5 atom stereocenters.